The zero-order valence-electron chi connectivity index (χ0n) is 14.4. The number of anilines is 1. The van der Waals surface area contributed by atoms with Crippen molar-refractivity contribution < 1.29 is 4.74 Å². The van der Waals surface area contributed by atoms with E-state index < -0.39 is 0 Å². The second-order valence-electron chi connectivity index (χ2n) is 7.14. The summed E-state index contributed by atoms with van der Waals surface area (Å²) in [5, 5.41) is 3.73. The van der Waals surface area contributed by atoms with E-state index in [-0.39, 0.29) is 0 Å². The smallest absolute Gasteiger partial charge is 0.123 e. The molecule has 2 aromatic carbocycles. The van der Waals surface area contributed by atoms with Gasteiger partial charge in [0.1, 0.15) is 11.9 Å². The number of nitrogens with one attached hydrogen (secondary N) is 1. The average Bonchev–Trinajstić information content (AvgIpc) is 2.97. The molecule has 1 atom stereocenters. The lowest BCUT2D eigenvalue weighted by Crippen LogP contribution is -2.38. The Morgan fingerprint density at radius 1 is 1.08 bits per heavy atom. The van der Waals surface area contributed by atoms with Crippen LogP contribution in [0.4, 0.5) is 5.69 Å². The number of hydrogen-bond donors (Lipinski definition) is 1. The summed E-state index contributed by atoms with van der Waals surface area (Å²) < 4.78 is 5.79. The van der Waals surface area contributed by atoms with Gasteiger partial charge in [-0.05, 0) is 49.1 Å². The van der Waals surface area contributed by atoms with E-state index >= 15 is 0 Å². The summed E-state index contributed by atoms with van der Waals surface area (Å²) >= 11 is 0. The number of likely N-dealkylation sites (tertiary alicyclic amines) is 1. The summed E-state index contributed by atoms with van der Waals surface area (Å²) in [6.07, 6.45) is 3.75. The molecule has 24 heavy (non-hydrogen) atoms. The van der Waals surface area contributed by atoms with Crippen molar-refractivity contribution in [3.05, 3.63) is 59.7 Å². The molecular formula is C21H26N2O. The Morgan fingerprint density at radius 2 is 1.88 bits per heavy atom. The van der Waals surface area contributed by atoms with Crippen LogP contribution in [0.15, 0.2) is 48.5 Å². The Hall–Kier alpha value is -2.00. The molecular weight excluding hydrogens is 296 g/mol. The van der Waals surface area contributed by atoms with Crippen molar-refractivity contribution in [3.63, 3.8) is 0 Å². The van der Waals surface area contributed by atoms with Gasteiger partial charge in [-0.1, -0.05) is 30.3 Å². The third-order valence-electron chi connectivity index (χ3n) is 5.10. The number of piperidine rings is 1. The lowest BCUT2D eigenvalue weighted by Gasteiger charge is -2.33. The second-order valence-corrected chi connectivity index (χ2v) is 7.14. The van der Waals surface area contributed by atoms with Gasteiger partial charge >= 0.3 is 0 Å². The van der Waals surface area contributed by atoms with Gasteiger partial charge in [0.05, 0.1) is 0 Å². The number of nitrogens with zero attached hydrogens (tertiary/aromatic N) is 1. The monoisotopic (exact) mass is 322 g/mol. The number of fused-ring (bicyclic) bond motifs is 1. The molecule has 1 N–H and O–H groups in total. The molecule has 3 heteroatoms. The first-order valence-electron chi connectivity index (χ1n) is 9.09. The maximum Gasteiger partial charge on any atom is 0.123 e. The van der Waals surface area contributed by atoms with Gasteiger partial charge in [0, 0.05) is 37.8 Å². The quantitative estimate of drug-likeness (QED) is 0.918. The largest absolute Gasteiger partial charge is 0.490 e. The number of hydrogen-bond acceptors (Lipinski definition) is 3. The summed E-state index contributed by atoms with van der Waals surface area (Å²) in [4.78, 5) is 2.56. The molecule has 0 aliphatic carbocycles. The van der Waals surface area contributed by atoms with Crippen LogP contribution in [0.25, 0.3) is 0 Å². The number of rotatable bonds is 4. The first-order valence-corrected chi connectivity index (χ1v) is 9.09. The van der Waals surface area contributed by atoms with Crippen LogP contribution in [-0.2, 0) is 13.0 Å². The van der Waals surface area contributed by atoms with Gasteiger partial charge in [-0.15, -0.1) is 0 Å². The fourth-order valence-corrected chi connectivity index (χ4v) is 3.82. The maximum absolute atomic E-state index is 5.79. The molecule has 2 aliphatic heterocycles. The van der Waals surface area contributed by atoms with E-state index in [1.165, 1.54) is 29.7 Å². The SMILES string of the molecule is CC1Cc2cc(NC3CCN(Cc4ccccc4)CC3)ccc2O1. The Kier molecular flexibility index (Phi) is 4.44. The molecule has 0 saturated carbocycles. The van der Waals surface area contributed by atoms with Gasteiger partial charge in [-0.2, -0.15) is 0 Å². The predicted molar refractivity (Wildman–Crippen MR) is 98.6 cm³/mol. The van der Waals surface area contributed by atoms with Crippen molar-refractivity contribution in [1.82, 2.24) is 4.90 Å². The third-order valence-corrected chi connectivity index (χ3v) is 5.10. The van der Waals surface area contributed by atoms with Crippen molar-refractivity contribution in [2.75, 3.05) is 18.4 Å². The summed E-state index contributed by atoms with van der Waals surface area (Å²) in [7, 11) is 0. The number of ether oxygens (including phenoxy) is 1. The van der Waals surface area contributed by atoms with Gasteiger partial charge in [0.2, 0.25) is 0 Å². The molecule has 3 nitrogen and oxygen atoms in total. The topological polar surface area (TPSA) is 24.5 Å². The molecule has 0 spiro atoms. The summed E-state index contributed by atoms with van der Waals surface area (Å²) in [6, 6.07) is 17.9. The fourth-order valence-electron chi connectivity index (χ4n) is 3.82. The molecule has 2 heterocycles. The van der Waals surface area contributed by atoms with E-state index in [2.05, 4.69) is 65.7 Å². The molecule has 126 valence electrons. The Morgan fingerprint density at radius 3 is 2.67 bits per heavy atom. The molecule has 0 aromatic heterocycles. The fraction of sp³-hybridized carbons (Fsp3) is 0.429. The van der Waals surface area contributed by atoms with Crippen molar-refractivity contribution in [2.24, 2.45) is 0 Å². The minimum atomic E-state index is 0.316. The maximum atomic E-state index is 5.79. The Balaban J connectivity index is 1.30. The highest BCUT2D eigenvalue weighted by molar-refractivity contribution is 5.53. The molecule has 1 fully saturated rings. The molecule has 0 bridgehead atoms. The van der Waals surface area contributed by atoms with E-state index in [1.54, 1.807) is 0 Å². The molecule has 0 radical (unpaired) electrons. The molecule has 1 saturated heterocycles. The molecule has 0 amide bonds. The van der Waals surface area contributed by atoms with E-state index in [9.17, 15) is 0 Å². The van der Waals surface area contributed by atoms with Crippen LogP contribution in [0, 0.1) is 0 Å². The third kappa shape index (κ3) is 3.57. The first kappa shape index (κ1) is 15.5. The highest BCUT2D eigenvalue weighted by Crippen LogP contribution is 2.31. The van der Waals surface area contributed by atoms with Gasteiger partial charge in [-0.3, -0.25) is 4.90 Å². The van der Waals surface area contributed by atoms with E-state index in [1.807, 2.05) is 0 Å². The van der Waals surface area contributed by atoms with Crippen molar-refractivity contribution in [2.45, 2.75) is 44.9 Å². The zero-order chi connectivity index (χ0) is 16.4. The lowest BCUT2D eigenvalue weighted by molar-refractivity contribution is 0.211. The summed E-state index contributed by atoms with van der Waals surface area (Å²) in [5.41, 5.74) is 4.00. The van der Waals surface area contributed by atoms with Crippen LogP contribution in [-0.4, -0.2) is 30.1 Å². The van der Waals surface area contributed by atoms with E-state index in [4.69, 9.17) is 4.74 Å². The van der Waals surface area contributed by atoms with E-state index in [0.29, 0.717) is 12.1 Å². The Bertz CT molecular complexity index is 677. The second kappa shape index (κ2) is 6.86. The predicted octanol–water partition coefficient (Wildman–Crippen LogP) is 4.09. The molecule has 1 unspecified atom stereocenters. The van der Waals surface area contributed by atoms with Crippen LogP contribution in [0.1, 0.15) is 30.9 Å². The first-order chi connectivity index (χ1) is 11.8. The highest BCUT2D eigenvalue weighted by Gasteiger charge is 2.21. The summed E-state index contributed by atoms with van der Waals surface area (Å²) in [5.74, 6) is 1.06. The highest BCUT2D eigenvalue weighted by atomic mass is 16.5. The number of benzene rings is 2. The molecule has 2 aliphatic rings. The van der Waals surface area contributed by atoms with Crippen LogP contribution in [0.5, 0.6) is 5.75 Å². The van der Waals surface area contributed by atoms with Crippen molar-refractivity contribution in [1.29, 1.82) is 0 Å². The van der Waals surface area contributed by atoms with Crippen LogP contribution in [0.3, 0.4) is 0 Å². The molecule has 4 rings (SSSR count). The lowest BCUT2D eigenvalue weighted by atomic mass is 10.0. The van der Waals surface area contributed by atoms with Gasteiger partial charge in [-0.25, -0.2) is 0 Å². The van der Waals surface area contributed by atoms with E-state index in [0.717, 1.165) is 31.8 Å². The van der Waals surface area contributed by atoms with Gasteiger partial charge in [0.25, 0.3) is 0 Å². The van der Waals surface area contributed by atoms with Gasteiger partial charge in [0.15, 0.2) is 0 Å². The minimum Gasteiger partial charge on any atom is -0.490 e. The van der Waals surface area contributed by atoms with Crippen LogP contribution < -0.4 is 10.1 Å². The van der Waals surface area contributed by atoms with Crippen LogP contribution >= 0.6 is 0 Å². The van der Waals surface area contributed by atoms with Crippen molar-refractivity contribution in [3.8, 4) is 5.75 Å². The van der Waals surface area contributed by atoms with Crippen molar-refractivity contribution >= 4 is 5.69 Å². The summed E-state index contributed by atoms with van der Waals surface area (Å²) in [6.45, 7) is 5.53. The average molecular weight is 322 g/mol. The Labute approximate surface area is 144 Å². The van der Waals surface area contributed by atoms with Gasteiger partial charge < -0.3 is 10.1 Å². The molecule has 2 aromatic rings. The zero-order valence-corrected chi connectivity index (χ0v) is 14.4. The standard InChI is InChI=1S/C21H26N2O/c1-16-13-18-14-20(7-8-21(18)24-16)22-19-9-11-23(12-10-19)15-17-5-3-2-4-6-17/h2-8,14,16,19,22H,9-13,15H2,1H3. The normalized spacial score (nSPS) is 21.3. The minimum absolute atomic E-state index is 0.316. The van der Waals surface area contributed by atoms with Crippen LogP contribution in [0.2, 0.25) is 0 Å².